The summed E-state index contributed by atoms with van der Waals surface area (Å²) in [7, 11) is 0. The summed E-state index contributed by atoms with van der Waals surface area (Å²) in [5.41, 5.74) is 4.33. The Morgan fingerprint density at radius 3 is 2.71 bits per heavy atom. The number of nitriles is 1. The summed E-state index contributed by atoms with van der Waals surface area (Å²) < 4.78 is 0.908. The predicted molar refractivity (Wildman–Crippen MR) is 115 cm³/mol. The van der Waals surface area contributed by atoms with Crippen molar-refractivity contribution in [2.24, 2.45) is 0 Å². The first-order valence-electron chi connectivity index (χ1n) is 9.74. The molecule has 1 fully saturated rings. The van der Waals surface area contributed by atoms with E-state index in [2.05, 4.69) is 53.7 Å². The van der Waals surface area contributed by atoms with Crippen LogP contribution < -0.4 is 10.6 Å². The summed E-state index contributed by atoms with van der Waals surface area (Å²) in [6.45, 7) is 0.648. The maximum atomic E-state index is 9.66. The van der Waals surface area contributed by atoms with E-state index in [1.54, 1.807) is 18.7 Å². The van der Waals surface area contributed by atoms with Gasteiger partial charge in [-0.05, 0) is 40.9 Å². The van der Waals surface area contributed by atoms with Crippen LogP contribution >= 0.6 is 15.9 Å². The average molecular weight is 439 g/mol. The molecule has 2 heterocycles. The number of H-pyrrole nitrogens is 1. The molecule has 2 aromatic heterocycles. The van der Waals surface area contributed by atoms with Crippen molar-refractivity contribution in [2.75, 3.05) is 10.6 Å². The van der Waals surface area contributed by atoms with Crippen LogP contribution in [0.3, 0.4) is 0 Å². The van der Waals surface area contributed by atoms with Gasteiger partial charge in [0.05, 0.1) is 35.3 Å². The fourth-order valence-electron chi connectivity index (χ4n) is 3.81. The number of imidazole rings is 1. The third-order valence-corrected chi connectivity index (χ3v) is 5.89. The second-order valence-corrected chi connectivity index (χ2v) is 8.13. The van der Waals surface area contributed by atoms with Gasteiger partial charge < -0.3 is 15.6 Å². The number of nitrogens with zero attached hydrogens (tertiary/aromatic N) is 3. The highest BCUT2D eigenvalue weighted by molar-refractivity contribution is 9.10. The van der Waals surface area contributed by atoms with E-state index in [1.165, 1.54) is 25.7 Å². The number of nitrogens with one attached hydrogen (secondary N) is 3. The van der Waals surface area contributed by atoms with Gasteiger partial charge in [0.15, 0.2) is 0 Å². The maximum Gasteiger partial charge on any atom is 0.103 e. The molecular formula is C21H23BrN6. The molecule has 1 saturated carbocycles. The molecular weight excluding hydrogens is 416 g/mol. The van der Waals surface area contributed by atoms with Gasteiger partial charge in [-0.2, -0.15) is 5.26 Å². The third kappa shape index (κ3) is 4.12. The molecule has 0 spiro atoms. The first-order chi connectivity index (χ1) is 13.7. The van der Waals surface area contributed by atoms with E-state index in [4.69, 9.17) is 0 Å². The highest BCUT2D eigenvalue weighted by Gasteiger charge is 2.17. The smallest absolute Gasteiger partial charge is 0.103 e. The lowest BCUT2D eigenvalue weighted by Gasteiger charge is -2.20. The van der Waals surface area contributed by atoms with Crippen molar-refractivity contribution in [1.82, 2.24) is 15.0 Å². The second kappa shape index (κ2) is 8.61. The number of pyridine rings is 1. The van der Waals surface area contributed by atoms with Crippen LogP contribution in [0.15, 0.2) is 35.3 Å². The first-order valence-corrected chi connectivity index (χ1v) is 10.5. The predicted octanol–water partition coefficient (Wildman–Crippen LogP) is 5.34. The second-order valence-electron chi connectivity index (χ2n) is 7.28. The lowest BCUT2D eigenvalue weighted by Crippen LogP contribution is -2.19. The van der Waals surface area contributed by atoms with E-state index in [1.807, 2.05) is 6.07 Å². The normalized spacial score (nSPS) is 15.1. The molecule has 1 aromatic carbocycles. The highest BCUT2D eigenvalue weighted by Crippen LogP contribution is 2.35. The van der Waals surface area contributed by atoms with Crippen molar-refractivity contribution < 1.29 is 0 Å². The molecule has 0 unspecified atom stereocenters. The molecule has 144 valence electrons. The van der Waals surface area contributed by atoms with Gasteiger partial charge >= 0.3 is 0 Å². The molecule has 4 rings (SSSR count). The Labute approximate surface area is 172 Å². The SMILES string of the molecule is N#Cc1cnc2c(Br)cc(NCc3cnc[nH]3)cc2c1NC1CCCCCC1. The molecule has 0 bridgehead atoms. The van der Waals surface area contributed by atoms with E-state index in [0.29, 0.717) is 18.2 Å². The lowest BCUT2D eigenvalue weighted by molar-refractivity contribution is 0.620. The maximum absolute atomic E-state index is 9.66. The van der Waals surface area contributed by atoms with E-state index >= 15 is 0 Å². The molecule has 0 saturated heterocycles. The van der Waals surface area contributed by atoms with Crippen LogP contribution in [0.2, 0.25) is 0 Å². The van der Waals surface area contributed by atoms with Crippen molar-refractivity contribution in [3.8, 4) is 6.07 Å². The van der Waals surface area contributed by atoms with Crippen LogP contribution in [0.4, 0.5) is 11.4 Å². The first kappa shape index (κ1) is 18.8. The zero-order chi connectivity index (χ0) is 19.3. The van der Waals surface area contributed by atoms with Crippen molar-refractivity contribution in [2.45, 2.75) is 51.1 Å². The molecule has 0 amide bonds. The molecule has 28 heavy (non-hydrogen) atoms. The third-order valence-electron chi connectivity index (χ3n) is 5.29. The van der Waals surface area contributed by atoms with Crippen LogP contribution in [0.5, 0.6) is 0 Å². The van der Waals surface area contributed by atoms with Gasteiger partial charge in [-0.1, -0.05) is 25.7 Å². The Morgan fingerprint density at radius 2 is 2.00 bits per heavy atom. The lowest BCUT2D eigenvalue weighted by atomic mass is 10.0. The van der Waals surface area contributed by atoms with Crippen molar-refractivity contribution >= 4 is 38.2 Å². The summed E-state index contributed by atoms with van der Waals surface area (Å²) in [6, 6.07) is 6.81. The van der Waals surface area contributed by atoms with Crippen LogP contribution in [-0.4, -0.2) is 21.0 Å². The van der Waals surface area contributed by atoms with Crippen LogP contribution in [0, 0.1) is 11.3 Å². The molecule has 0 radical (unpaired) electrons. The number of hydrogen-bond acceptors (Lipinski definition) is 5. The van der Waals surface area contributed by atoms with Crippen molar-refractivity contribution in [3.05, 3.63) is 46.6 Å². The average Bonchev–Trinajstić information content (AvgIpc) is 3.10. The van der Waals surface area contributed by atoms with E-state index in [-0.39, 0.29) is 0 Å². The summed E-state index contributed by atoms with van der Waals surface area (Å²) in [5, 5.41) is 17.7. The molecule has 0 atom stereocenters. The van der Waals surface area contributed by atoms with E-state index in [9.17, 15) is 5.26 Å². The molecule has 7 heteroatoms. The fourth-order valence-corrected chi connectivity index (χ4v) is 4.37. The molecule has 1 aliphatic carbocycles. The summed E-state index contributed by atoms with van der Waals surface area (Å²) in [5.74, 6) is 0. The standard InChI is InChI=1S/C21H23BrN6/c22-19-8-16(25-12-17-11-24-13-27-17)7-18-20(14(9-23)10-26-21(18)19)28-15-5-3-1-2-4-6-15/h7-8,10-11,13,15,25H,1-6,12H2,(H,24,27)(H,26,28). The topological polar surface area (TPSA) is 89.4 Å². The van der Waals surface area contributed by atoms with Crippen molar-refractivity contribution in [3.63, 3.8) is 0 Å². The Hall–Kier alpha value is -2.59. The minimum absolute atomic E-state index is 0.403. The highest BCUT2D eigenvalue weighted by atomic mass is 79.9. The summed E-state index contributed by atoms with van der Waals surface area (Å²) in [6.07, 6.45) is 12.5. The van der Waals surface area contributed by atoms with Crippen LogP contribution in [0.1, 0.15) is 49.8 Å². The molecule has 0 aliphatic heterocycles. The Morgan fingerprint density at radius 1 is 1.18 bits per heavy atom. The number of benzene rings is 1. The quantitative estimate of drug-likeness (QED) is 0.467. The van der Waals surface area contributed by atoms with Gasteiger partial charge in [0.25, 0.3) is 0 Å². The number of rotatable bonds is 5. The number of aromatic amines is 1. The Balaban J connectivity index is 1.69. The number of hydrogen-bond donors (Lipinski definition) is 3. The summed E-state index contributed by atoms with van der Waals surface area (Å²) >= 11 is 3.65. The molecule has 3 aromatic rings. The number of fused-ring (bicyclic) bond motifs is 1. The number of halogens is 1. The molecule has 6 nitrogen and oxygen atoms in total. The van der Waals surface area contributed by atoms with Crippen LogP contribution in [-0.2, 0) is 6.54 Å². The zero-order valence-electron chi connectivity index (χ0n) is 15.6. The fraction of sp³-hybridized carbons (Fsp3) is 0.381. The minimum Gasteiger partial charge on any atom is -0.381 e. The Kier molecular flexibility index (Phi) is 5.77. The van der Waals surface area contributed by atoms with Gasteiger partial charge in [-0.15, -0.1) is 0 Å². The summed E-state index contributed by atoms with van der Waals surface area (Å²) in [4.78, 5) is 11.7. The zero-order valence-corrected chi connectivity index (χ0v) is 17.2. The minimum atomic E-state index is 0.403. The van der Waals surface area contributed by atoms with E-state index < -0.39 is 0 Å². The Bertz CT molecular complexity index is 984. The molecule has 3 N–H and O–H groups in total. The van der Waals surface area contributed by atoms with Crippen LogP contribution in [0.25, 0.3) is 10.9 Å². The number of anilines is 2. The van der Waals surface area contributed by atoms with Crippen molar-refractivity contribution in [1.29, 1.82) is 5.26 Å². The largest absolute Gasteiger partial charge is 0.381 e. The van der Waals surface area contributed by atoms with Gasteiger partial charge in [0.1, 0.15) is 6.07 Å². The monoisotopic (exact) mass is 438 g/mol. The van der Waals surface area contributed by atoms with Gasteiger partial charge in [-0.25, -0.2) is 4.98 Å². The van der Waals surface area contributed by atoms with E-state index in [0.717, 1.165) is 45.3 Å². The van der Waals surface area contributed by atoms with Gasteiger partial charge in [0, 0.05) is 34.0 Å². The number of aromatic nitrogens is 3. The molecule has 1 aliphatic rings. The van der Waals surface area contributed by atoms with Gasteiger partial charge in [0.2, 0.25) is 0 Å². The van der Waals surface area contributed by atoms with Gasteiger partial charge in [-0.3, -0.25) is 4.98 Å².